The minimum absolute atomic E-state index is 0.216. The van der Waals surface area contributed by atoms with Gasteiger partial charge in [0.15, 0.2) is 0 Å². The third-order valence-electron chi connectivity index (χ3n) is 3.77. The molecule has 0 saturated heterocycles. The molecular formula is C14H17N3O. The highest BCUT2D eigenvalue weighted by Gasteiger charge is 2.29. The molecule has 3 rings (SSSR count). The maximum Gasteiger partial charge on any atom is 0.226 e. The Morgan fingerprint density at radius 3 is 3.00 bits per heavy atom. The maximum absolute atomic E-state index is 11.6. The van der Waals surface area contributed by atoms with Crippen molar-refractivity contribution in [1.29, 1.82) is 0 Å². The van der Waals surface area contributed by atoms with E-state index in [1.54, 1.807) is 0 Å². The lowest BCUT2D eigenvalue weighted by molar-refractivity contribution is -0.119. The number of fused-ring (bicyclic) bond motifs is 3. The van der Waals surface area contributed by atoms with Gasteiger partial charge in [-0.3, -0.25) is 4.79 Å². The number of nitrogens with zero attached hydrogens (tertiary/aromatic N) is 1. The van der Waals surface area contributed by atoms with Crippen LogP contribution in [0.2, 0.25) is 0 Å². The molecule has 1 atom stereocenters. The van der Waals surface area contributed by atoms with E-state index in [1.165, 1.54) is 16.6 Å². The number of hydrogen-bond donors (Lipinski definition) is 2. The Hall–Kier alpha value is -1.81. The van der Waals surface area contributed by atoms with Crippen molar-refractivity contribution in [2.24, 2.45) is 5.73 Å². The molecule has 2 aromatic rings. The normalized spacial score (nSPS) is 18.8. The summed E-state index contributed by atoms with van der Waals surface area (Å²) in [5.41, 5.74) is 9.06. The molecule has 2 heterocycles. The van der Waals surface area contributed by atoms with Crippen molar-refractivity contribution < 1.29 is 4.79 Å². The van der Waals surface area contributed by atoms with Gasteiger partial charge in [0.05, 0.1) is 5.92 Å². The minimum Gasteiger partial charge on any atom is -0.369 e. The molecule has 0 bridgehead atoms. The smallest absolute Gasteiger partial charge is 0.226 e. The number of primary amides is 1. The average molecular weight is 243 g/mol. The second-order valence-corrected chi connectivity index (χ2v) is 4.71. The summed E-state index contributed by atoms with van der Waals surface area (Å²) in [6.07, 6.45) is 0. The van der Waals surface area contributed by atoms with Crippen LogP contribution in [0.4, 0.5) is 0 Å². The molecule has 4 heteroatoms. The van der Waals surface area contributed by atoms with Crippen molar-refractivity contribution in [2.75, 3.05) is 6.54 Å². The predicted octanol–water partition coefficient (Wildman–Crippen LogP) is 1.33. The van der Waals surface area contributed by atoms with Crippen LogP contribution in [0.3, 0.4) is 0 Å². The van der Waals surface area contributed by atoms with Crippen molar-refractivity contribution in [1.82, 2.24) is 9.88 Å². The van der Waals surface area contributed by atoms with E-state index in [0.717, 1.165) is 18.7 Å². The van der Waals surface area contributed by atoms with Crippen LogP contribution < -0.4 is 11.1 Å². The molecule has 1 aromatic heterocycles. The van der Waals surface area contributed by atoms with Crippen LogP contribution in [-0.4, -0.2) is 17.0 Å². The molecule has 94 valence electrons. The Bertz CT molecular complexity index is 615. The summed E-state index contributed by atoms with van der Waals surface area (Å²) in [6.45, 7) is 4.48. The minimum atomic E-state index is -0.248. The molecule has 0 spiro atoms. The molecule has 4 nitrogen and oxygen atoms in total. The van der Waals surface area contributed by atoms with Crippen LogP contribution in [0, 0.1) is 0 Å². The van der Waals surface area contributed by atoms with Gasteiger partial charge in [-0.25, -0.2) is 0 Å². The number of rotatable bonds is 2. The summed E-state index contributed by atoms with van der Waals surface area (Å²) in [7, 11) is 0. The Morgan fingerprint density at radius 1 is 1.50 bits per heavy atom. The van der Waals surface area contributed by atoms with E-state index in [0.29, 0.717) is 6.54 Å². The van der Waals surface area contributed by atoms with E-state index in [-0.39, 0.29) is 11.8 Å². The Balaban J connectivity index is 2.34. The molecule has 0 saturated carbocycles. The lowest BCUT2D eigenvalue weighted by atomic mass is 9.92. The Kier molecular flexibility index (Phi) is 2.59. The van der Waals surface area contributed by atoms with Gasteiger partial charge in [-0.15, -0.1) is 0 Å². The molecule has 1 aliphatic rings. The van der Waals surface area contributed by atoms with Crippen LogP contribution in [0.15, 0.2) is 24.3 Å². The number of carbonyl (C=O) groups is 1. The number of carbonyl (C=O) groups excluding carboxylic acids is 1. The Morgan fingerprint density at radius 2 is 2.28 bits per heavy atom. The van der Waals surface area contributed by atoms with E-state index in [4.69, 9.17) is 5.73 Å². The van der Waals surface area contributed by atoms with Gasteiger partial charge in [-0.1, -0.05) is 18.2 Å². The van der Waals surface area contributed by atoms with Crippen molar-refractivity contribution in [2.45, 2.75) is 25.9 Å². The van der Waals surface area contributed by atoms with Crippen molar-refractivity contribution >= 4 is 16.8 Å². The van der Waals surface area contributed by atoms with Crippen molar-refractivity contribution in [3.05, 3.63) is 35.5 Å². The maximum atomic E-state index is 11.6. The number of nitrogens with two attached hydrogens (primary N) is 1. The second-order valence-electron chi connectivity index (χ2n) is 4.71. The number of para-hydroxylation sites is 1. The first kappa shape index (κ1) is 11.3. The highest BCUT2D eigenvalue weighted by Crippen LogP contribution is 2.34. The number of nitrogens with one attached hydrogen (secondary N) is 1. The highest BCUT2D eigenvalue weighted by molar-refractivity contribution is 5.93. The molecule has 18 heavy (non-hydrogen) atoms. The number of aromatic nitrogens is 1. The van der Waals surface area contributed by atoms with Crippen LogP contribution in [-0.2, 0) is 17.9 Å². The molecule has 1 amide bonds. The van der Waals surface area contributed by atoms with Crippen LogP contribution >= 0.6 is 0 Å². The van der Waals surface area contributed by atoms with E-state index in [1.807, 2.05) is 12.1 Å². The number of amides is 1. The largest absolute Gasteiger partial charge is 0.369 e. The molecule has 0 radical (unpaired) electrons. The third-order valence-corrected chi connectivity index (χ3v) is 3.77. The van der Waals surface area contributed by atoms with Crippen molar-refractivity contribution in [3.8, 4) is 0 Å². The highest BCUT2D eigenvalue weighted by atomic mass is 16.1. The summed E-state index contributed by atoms with van der Waals surface area (Å²) in [5.74, 6) is -0.464. The van der Waals surface area contributed by atoms with Crippen molar-refractivity contribution in [3.63, 3.8) is 0 Å². The number of aryl methyl sites for hydroxylation is 1. The fourth-order valence-electron chi connectivity index (χ4n) is 3.00. The van der Waals surface area contributed by atoms with Gasteiger partial charge in [-0.2, -0.15) is 0 Å². The summed E-state index contributed by atoms with van der Waals surface area (Å²) in [5, 5.41) is 4.45. The van der Waals surface area contributed by atoms with Gasteiger partial charge in [0, 0.05) is 36.2 Å². The molecule has 1 unspecified atom stereocenters. The van der Waals surface area contributed by atoms with Gasteiger partial charge < -0.3 is 15.6 Å². The van der Waals surface area contributed by atoms with Gasteiger partial charge in [0.2, 0.25) is 5.91 Å². The fourth-order valence-corrected chi connectivity index (χ4v) is 3.00. The summed E-state index contributed by atoms with van der Waals surface area (Å²) in [6, 6.07) is 8.24. The summed E-state index contributed by atoms with van der Waals surface area (Å²) >= 11 is 0. The monoisotopic (exact) mass is 243 g/mol. The molecule has 0 aliphatic carbocycles. The quantitative estimate of drug-likeness (QED) is 0.836. The zero-order valence-corrected chi connectivity index (χ0v) is 10.4. The SMILES string of the molecule is CCn1c2c(c3ccccc31)C(C(N)=O)CNC2. The average Bonchev–Trinajstić information content (AvgIpc) is 2.72. The molecule has 3 N–H and O–H groups in total. The molecule has 1 aliphatic heterocycles. The predicted molar refractivity (Wildman–Crippen MR) is 71.3 cm³/mol. The number of benzene rings is 1. The zero-order valence-electron chi connectivity index (χ0n) is 10.4. The summed E-state index contributed by atoms with van der Waals surface area (Å²) < 4.78 is 2.27. The first-order chi connectivity index (χ1) is 8.74. The summed E-state index contributed by atoms with van der Waals surface area (Å²) in [4.78, 5) is 11.6. The van der Waals surface area contributed by atoms with Gasteiger partial charge in [-0.05, 0) is 18.6 Å². The molecule has 0 fully saturated rings. The zero-order chi connectivity index (χ0) is 12.7. The van der Waals surface area contributed by atoms with E-state index >= 15 is 0 Å². The van der Waals surface area contributed by atoms with Gasteiger partial charge >= 0.3 is 0 Å². The molecular weight excluding hydrogens is 226 g/mol. The third kappa shape index (κ3) is 1.46. The lowest BCUT2D eigenvalue weighted by Gasteiger charge is -2.23. The van der Waals surface area contributed by atoms with E-state index < -0.39 is 0 Å². The van der Waals surface area contributed by atoms with Gasteiger partial charge in [0.25, 0.3) is 0 Å². The molecule has 1 aromatic carbocycles. The lowest BCUT2D eigenvalue weighted by Crippen LogP contribution is -2.36. The number of hydrogen-bond acceptors (Lipinski definition) is 2. The first-order valence-electron chi connectivity index (χ1n) is 6.34. The second kappa shape index (κ2) is 4.14. The van der Waals surface area contributed by atoms with Gasteiger partial charge in [0.1, 0.15) is 0 Å². The first-order valence-corrected chi connectivity index (χ1v) is 6.34. The van der Waals surface area contributed by atoms with Crippen LogP contribution in [0.5, 0.6) is 0 Å². The van der Waals surface area contributed by atoms with E-state index in [9.17, 15) is 4.79 Å². The standard InChI is InChI=1S/C14H17N3O/c1-2-17-11-6-4-3-5-9(11)13-10(14(15)18)7-16-8-12(13)17/h3-6,10,16H,2,7-8H2,1H3,(H2,15,18). The fraction of sp³-hybridized carbons (Fsp3) is 0.357. The van der Waals surface area contributed by atoms with E-state index in [2.05, 4.69) is 28.9 Å². The van der Waals surface area contributed by atoms with Crippen LogP contribution in [0.25, 0.3) is 10.9 Å². The topological polar surface area (TPSA) is 60.0 Å². The van der Waals surface area contributed by atoms with Crippen LogP contribution in [0.1, 0.15) is 24.1 Å². The Labute approximate surface area is 106 Å².